The van der Waals surface area contributed by atoms with Gasteiger partial charge in [-0.25, -0.2) is 0 Å². The van der Waals surface area contributed by atoms with Crippen molar-refractivity contribution in [2.24, 2.45) is 40.4 Å². The molecular formula is C35H58O12. The van der Waals surface area contributed by atoms with Gasteiger partial charge in [-0.15, -0.1) is 0 Å². The molecule has 0 spiro atoms. The third-order valence-corrected chi connectivity index (χ3v) is 14.4. The zero-order valence-electron chi connectivity index (χ0n) is 28.2. The van der Waals surface area contributed by atoms with Crippen molar-refractivity contribution >= 4 is 0 Å². The Balaban J connectivity index is 1.21. The van der Waals surface area contributed by atoms with E-state index in [0.29, 0.717) is 32.1 Å². The lowest BCUT2D eigenvalue weighted by Gasteiger charge is -2.59. The van der Waals surface area contributed by atoms with Gasteiger partial charge in [-0.3, -0.25) is 0 Å². The van der Waals surface area contributed by atoms with Crippen LogP contribution in [0.4, 0.5) is 0 Å². The van der Waals surface area contributed by atoms with Gasteiger partial charge in [0.25, 0.3) is 0 Å². The molecule has 5 fully saturated rings. The van der Waals surface area contributed by atoms with Crippen molar-refractivity contribution in [1.29, 1.82) is 0 Å². The molecule has 0 aromatic heterocycles. The lowest BCUT2D eigenvalue weighted by Crippen LogP contribution is -2.63. The van der Waals surface area contributed by atoms with Crippen LogP contribution in [0.2, 0.25) is 0 Å². The quantitative estimate of drug-likeness (QED) is 0.156. The molecule has 0 amide bonds. The number of hydrogen-bond acceptors (Lipinski definition) is 12. The summed E-state index contributed by atoms with van der Waals surface area (Å²) in [7, 11) is 0. The molecule has 9 N–H and O–H groups in total. The minimum absolute atomic E-state index is 0.0647. The Hall–Kier alpha value is -0.740. The molecule has 2 saturated heterocycles. The molecule has 0 radical (unpaired) electrons. The standard InChI is InChI=1S/C35H58O12/c1-5-20-26(40)30(47-34(20,4)16-38)23(14-36)35(44)25(39)13-22-19-7-6-17-12-18(8-10-32(17,2)21(19)9-11-33(22,35)3)45-31-29(43)28(42)27(41)24(15-37)46-31/h7,17-18,20-31,36-44H,5-6,8-16H2,1-4H3/t17-,18-,20-,21-,22-,23+,24+,25-,26-,27+,28-,29+,30-,31+,32-,33-,34+,35+/m0/s1. The first-order valence-electron chi connectivity index (χ1n) is 17.8. The fourth-order valence-electron chi connectivity index (χ4n) is 11.4. The molecule has 3 saturated carbocycles. The fraction of sp³-hybridized carbons (Fsp3) is 0.943. The van der Waals surface area contributed by atoms with Crippen LogP contribution in [-0.4, -0.2) is 132 Å². The Morgan fingerprint density at radius 1 is 0.915 bits per heavy atom. The van der Waals surface area contributed by atoms with E-state index in [-0.39, 0.29) is 41.8 Å². The van der Waals surface area contributed by atoms with Gasteiger partial charge in [0.1, 0.15) is 30.0 Å². The highest BCUT2D eigenvalue weighted by molar-refractivity contribution is 5.32. The molecule has 0 aromatic carbocycles. The number of rotatable bonds is 8. The van der Waals surface area contributed by atoms with Crippen molar-refractivity contribution in [3.05, 3.63) is 11.6 Å². The topological polar surface area (TPSA) is 210 Å². The van der Waals surface area contributed by atoms with Gasteiger partial charge in [-0.1, -0.05) is 32.4 Å². The van der Waals surface area contributed by atoms with Crippen molar-refractivity contribution in [3.8, 4) is 0 Å². The summed E-state index contributed by atoms with van der Waals surface area (Å²) in [4.78, 5) is 0. The van der Waals surface area contributed by atoms with Gasteiger partial charge < -0.3 is 60.2 Å². The number of aliphatic hydroxyl groups is 9. The second kappa shape index (κ2) is 12.8. The number of fused-ring (bicyclic) bond motifs is 5. The van der Waals surface area contributed by atoms with Gasteiger partial charge in [-0.2, -0.15) is 0 Å². The molecule has 0 bridgehead atoms. The molecule has 47 heavy (non-hydrogen) atoms. The van der Waals surface area contributed by atoms with E-state index in [1.807, 2.05) is 13.8 Å². The largest absolute Gasteiger partial charge is 0.396 e. The minimum atomic E-state index is -1.72. The van der Waals surface area contributed by atoms with Gasteiger partial charge in [0.2, 0.25) is 0 Å². The van der Waals surface area contributed by atoms with Crippen molar-refractivity contribution in [2.45, 2.75) is 145 Å². The molecule has 6 aliphatic rings. The van der Waals surface area contributed by atoms with Gasteiger partial charge in [0.05, 0.1) is 49.8 Å². The van der Waals surface area contributed by atoms with E-state index in [0.717, 1.165) is 19.3 Å². The fourth-order valence-corrected chi connectivity index (χ4v) is 11.4. The Labute approximate surface area is 277 Å². The summed E-state index contributed by atoms with van der Waals surface area (Å²) in [6, 6.07) is 0. The molecule has 2 heterocycles. The minimum Gasteiger partial charge on any atom is -0.396 e. The van der Waals surface area contributed by atoms with E-state index in [4.69, 9.17) is 14.2 Å². The first kappa shape index (κ1) is 36.1. The summed E-state index contributed by atoms with van der Waals surface area (Å²) >= 11 is 0. The second-order valence-electron chi connectivity index (χ2n) is 16.4. The molecule has 12 nitrogen and oxygen atoms in total. The number of aliphatic hydroxyl groups excluding tert-OH is 8. The van der Waals surface area contributed by atoms with Crippen molar-refractivity contribution in [1.82, 2.24) is 0 Å². The first-order valence-corrected chi connectivity index (χ1v) is 17.8. The van der Waals surface area contributed by atoms with Crippen molar-refractivity contribution < 1.29 is 60.2 Å². The van der Waals surface area contributed by atoms with E-state index in [1.54, 1.807) is 6.92 Å². The predicted molar refractivity (Wildman–Crippen MR) is 167 cm³/mol. The molecule has 0 unspecified atom stereocenters. The zero-order chi connectivity index (χ0) is 34.3. The van der Waals surface area contributed by atoms with E-state index in [1.165, 1.54) is 5.57 Å². The summed E-state index contributed by atoms with van der Waals surface area (Å²) in [5.41, 5.74) is -2.35. The maximum absolute atomic E-state index is 12.6. The number of hydrogen-bond donors (Lipinski definition) is 9. The summed E-state index contributed by atoms with van der Waals surface area (Å²) in [5.74, 6) is -0.968. The monoisotopic (exact) mass is 670 g/mol. The Morgan fingerprint density at radius 2 is 1.64 bits per heavy atom. The predicted octanol–water partition coefficient (Wildman–Crippen LogP) is -0.0184. The van der Waals surface area contributed by atoms with Crippen LogP contribution in [0.1, 0.15) is 79.1 Å². The van der Waals surface area contributed by atoms with Gasteiger partial charge in [0.15, 0.2) is 6.29 Å². The Bertz CT molecular complexity index is 1170. The molecule has 270 valence electrons. The van der Waals surface area contributed by atoms with Crippen LogP contribution >= 0.6 is 0 Å². The van der Waals surface area contributed by atoms with Gasteiger partial charge in [-0.05, 0) is 81.5 Å². The van der Waals surface area contributed by atoms with Crippen LogP contribution in [0, 0.1) is 40.4 Å². The maximum Gasteiger partial charge on any atom is 0.186 e. The first-order chi connectivity index (χ1) is 22.1. The van der Waals surface area contributed by atoms with Crippen LogP contribution in [-0.2, 0) is 14.2 Å². The number of ether oxygens (including phenoxy) is 3. The molecular weight excluding hydrogens is 612 g/mol. The highest BCUT2D eigenvalue weighted by atomic mass is 16.7. The molecule has 12 heteroatoms. The molecule has 6 rings (SSSR count). The highest BCUT2D eigenvalue weighted by Gasteiger charge is 2.71. The lowest BCUT2D eigenvalue weighted by atomic mass is 9.47. The summed E-state index contributed by atoms with van der Waals surface area (Å²) in [6.07, 6.45) is -2.28. The third kappa shape index (κ3) is 5.23. The van der Waals surface area contributed by atoms with Crippen molar-refractivity contribution in [3.63, 3.8) is 0 Å². The Morgan fingerprint density at radius 3 is 2.26 bits per heavy atom. The van der Waals surface area contributed by atoms with Gasteiger partial charge in [0, 0.05) is 17.3 Å². The second-order valence-corrected chi connectivity index (χ2v) is 16.4. The third-order valence-electron chi connectivity index (χ3n) is 14.4. The zero-order valence-corrected chi connectivity index (χ0v) is 28.2. The smallest absolute Gasteiger partial charge is 0.186 e. The van der Waals surface area contributed by atoms with Crippen LogP contribution in [0.5, 0.6) is 0 Å². The summed E-state index contributed by atoms with van der Waals surface area (Å²) in [6.45, 7) is 6.70. The van der Waals surface area contributed by atoms with E-state index in [9.17, 15) is 46.0 Å². The normalized spacial score (nSPS) is 55.2. The van der Waals surface area contributed by atoms with Crippen LogP contribution in [0.15, 0.2) is 11.6 Å². The van der Waals surface area contributed by atoms with E-state index in [2.05, 4.69) is 13.0 Å². The van der Waals surface area contributed by atoms with Crippen LogP contribution in [0.25, 0.3) is 0 Å². The van der Waals surface area contributed by atoms with Crippen LogP contribution < -0.4 is 0 Å². The summed E-state index contributed by atoms with van der Waals surface area (Å²) < 4.78 is 18.1. The Kier molecular flexibility index (Phi) is 9.81. The highest BCUT2D eigenvalue weighted by Crippen LogP contribution is 2.68. The summed E-state index contributed by atoms with van der Waals surface area (Å²) in [5, 5.41) is 97.1. The maximum atomic E-state index is 12.6. The molecule has 2 aliphatic heterocycles. The number of allylic oxidation sites excluding steroid dienone is 2. The lowest BCUT2D eigenvalue weighted by molar-refractivity contribution is -0.315. The van der Waals surface area contributed by atoms with Crippen molar-refractivity contribution in [2.75, 3.05) is 19.8 Å². The van der Waals surface area contributed by atoms with E-state index >= 15 is 0 Å². The molecule has 0 aromatic rings. The van der Waals surface area contributed by atoms with E-state index < -0.39 is 84.8 Å². The van der Waals surface area contributed by atoms with Crippen LogP contribution in [0.3, 0.4) is 0 Å². The molecule has 4 aliphatic carbocycles. The van der Waals surface area contributed by atoms with Gasteiger partial charge >= 0.3 is 0 Å². The molecule has 18 atom stereocenters. The average Bonchev–Trinajstić information content (AvgIpc) is 3.43. The SMILES string of the molecule is CC[C@H]1[C@H](O)[C@H]([C@@H](CO)[C@@]2(O)[C@@H](O)C[C@H]3C4=CC[C@H]5C[C@@H](O[C@@H]6O[C@H](CO)[C@@H](O)[C@H](O)[C@H]6O)CC[C@]5(C)[C@H]4CC[C@@]32C)O[C@]1(C)CO. The average molecular weight is 671 g/mol.